The number of halogens is 1. The van der Waals surface area contributed by atoms with Crippen molar-refractivity contribution in [3.8, 4) is 28.5 Å². The van der Waals surface area contributed by atoms with E-state index < -0.39 is 0 Å². The van der Waals surface area contributed by atoms with Crippen molar-refractivity contribution in [1.82, 2.24) is 4.98 Å². The zero-order valence-corrected chi connectivity index (χ0v) is 13.5. The zero-order valence-electron chi connectivity index (χ0n) is 13.5. The number of hydrogen-bond donors (Lipinski definition) is 0. The molecule has 0 aliphatic rings. The van der Waals surface area contributed by atoms with Gasteiger partial charge in [-0.2, -0.15) is 5.26 Å². The minimum atomic E-state index is -0.214. The molecule has 0 saturated heterocycles. The zero-order chi connectivity index (χ0) is 16.9. The van der Waals surface area contributed by atoms with Crippen molar-refractivity contribution in [1.29, 1.82) is 5.26 Å². The molecule has 1 heterocycles. The van der Waals surface area contributed by atoms with Crippen molar-refractivity contribution in [2.45, 2.75) is 19.8 Å². The highest BCUT2D eigenvalue weighted by atomic mass is 19.1. The minimum Gasteiger partial charge on any atom is -0.256 e. The Kier molecular flexibility index (Phi) is 4.67. The standard InChI is InChI=1S/C21H17FN2/c1-2-3-15-6-10-19(20(22)12-15)18-9-11-21(24-14-18)17-7-4-16(13-23)5-8-17/h4-12,14H,2-3H2,1H3. The highest BCUT2D eigenvalue weighted by molar-refractivity contribution is 5.67. The van der Waals surface area contributed by atoms with Crippen LogP contribution in [0.4, 0.5) is 4.39 Å². The summed E-state index contributed by atoms with van der Waals surface area (Å²) in [6.07, 6.45) is 3.57. The van der Waals surface area contributed by atoms with E-state index in [0.717, 1.165) is 35.2 Å². The first-order valence-corrected chi connectivity index (χ1v) is 7.96. The maximum absolute atomic E-state index is 14.3. The maximum atomic E-state index is 14.3. The van der Waals surface area contributed by atoms with E-state index in [1.54, 1.807) is 24.4 Å². The number of hydrogen-bond acceptors (Lipinski definition) is 2. The first-order chi connectivity index (χ1) is 11.7. The van der Waals surface area contributed by atoms with Crippen LogP contribution in [-0.4, -0.2) is 4.98 Å². The average Bonchev–Trinajstić information content (AvgIpc) is 2.62. The number of aryl methyl sites for hydroxylation is 1. The lowest BCUT2D eigenvalue weighted by Crippen LogP contribution is -1.91. The lowest BCUT2D eigenvalue weighted by atomic mass is 10.0. The van der Waals surface area contributed by atoms with Gasteiger partial charge in [0, 0.05) is 22.9 Å². The molecular formula is C21H17FN2. The van der Waals surface area contributed by atoms with Gasteiger partial charge in [-0.25, -0.2) is 4.39 Å². The first kappa shape index (κ1) is 15.9. The Bertz CT molecular complexity index is 875. The predicted molar refractivity (Wildman–Crippen MR) is 93.8 cm³/mol. The molecule has 0 unspecified atom stereocenters. The van der Waals surface area contributed by atoms with Crippen LogP contribution < -0.4 is 0 Å². The highest BCUT2D eigenvalue weighted by Crippen LogP contribution is 2.26. The maximum Gasteiger partial charge on any atom is 0.131 e. The summed E-state index contributed by atoms with van der Waals surface area (Å²) < 4.78 is 14.3. The van der Waals surface area contributed by atoms with Gasteiger partial charge in [0.05, 0.1) is 17.3 Å². The summed E-state index contributed by atoms with van der Waals surface area (Å²) >= 11 is 0. The average molecular weight is 316 g/mol. The van der Waals surface area contributed by atoms with Crippen LogP contribution in [-0.2, 0) is 6.42 Å². The molecule has 0 atom stereocenters. The van der Waals surface area contributed by atoms with Crippen LogP contribution in [0.25, 0.3) is 22.4 Å². The van der Waals surface area contributed by atoms with Gasteiger partial charge in [-0.15, -0.1) is 0 Å². The summed E-state index contributed by atoms with van der Waals surface area (Å²) in [4.78, 5) is 4.43. The van der Waals surface area contributed by atoms with Crippen molar-refractivity contribution in [2.75, 3.05) is 0 Å². The second-order valence-electron chi connectivity index (χ2n) is 5.69. The molecule has 0 saturated carbocycles. The SMILES string of the molecule is CCCc1ccc(-c2ccc(-c3ccc(C#N)cc3)nc2)c(F)c1. The molecule has 24 heavy (non-hydrogen) atoms. The fourth-order valence-corrected chi connectivity index (χ4v) is 2.68. The van der Waals surface area contributed by atoms with E-state index in [1.165, 1.54) is 0 Å². The Morgan fingerprint density at radius 1 is 1.00 bits per heavy atom. The molecule has 0 radical (unpaired) electrons. The molecule has 0 amide bonds. The summed E-state index contributed by atoms with van der Waals surface area (Å²) in [5, 5.41) is 8.84. The van der Waals surface area contributed by atoms with Crippen molar-refractivity contribution in [3.05, 3.63) is 77.7 Å². The summed E-state index contributed by atoms with van der Waals surface area (Å²) in [6.45, 7) is 2.08. The number of pyridine rings is 1. The van der Waals surface area contributed by atoms with E-state index in [-0.39, 0.29) is 5.82 Å². The molecule has 0 N–H and O–H groups in total. The smallest absolute Gasteiger partial charge is 0.131 e. The molecule has 118 valence electrons. The van der Waals surface area contributed by atoms with E-state index in [4.69, 9.17) is 5.26 Å². The summed E-state index contributed by atoms with van der Waals surface area (Å²) in [6, 6.07) is 18.5. The van der Waals surface area contributed by atoms with Crippen molar-refractivity contribution in [2.24, 2.45) is 0 Å². The molecular weight excluding hydrogens is 299 g/mol. The molecule has 0 spiro atoms. The monoisotopic (exact) mass is 316 g/mol. The van der Waals surface area contributed by atoms with Crippen LogP contribution in [0.3, 0.4) is 0 Å². The third-order valence-corrected chi connectivity index (χ3v) is 3.96. The third-order valence-electron chi connectivity index (χ3n) is 3.96. The van der Waals surface area contributed by atoms with Gasteiger partial charge < -0.3 is 0 Å². The number of nitriles is 1. The highest BCUT2D eigenvalue weighted by Gasteiger charge is 2.07. The molecule has 3 rings (SSSR count). The predicted octanol–water partition coefficient (Wildman–Crippen LogP) is 5.38. The van der Waals surface area contributed by atoms with E-state index in [2.05, 4.69) is 18.0 Å². The van der Waals surface area contributed by atoms with Crippen LogP contribution in [0.5, 0.6) is 0 Å². The molecule has 3 heteroatoms. The molecule has 1 aromatic heterocycles. The van der Waals surface area contributed by atoms with E-state index in [9.17, 15) is 4.39 Å². The van der Waals surface area contributed by atoms with Gasteiger partial charge in [0.15, 0.2) is 0 Å². The molecule has 0 aliphatic carbocycles. The van der Waals surface area contributed by atoms with Gasteiger partial charge in [0.25, 0.3) is 0 Å². The van der Waals surface area contributed by atoms with Crippen LogP contribution in [0.15, 0.2) is 60.8 Å². The summed E-state index contributed by atoms with van der Waals surface area (Å²) in [5.41, 5.74) is 4.68. The van der Waals surface area contributed by atoms with Crippen LogP contribution in [0.1, 0.15) is 24.5 Å². The van der Waals surface area contributed by atoms with Crippen LogP contribution >= 0.6 is 0 Å². The first-order valence-electron chi connectivity index (χ1n) is 7.96. The number of nitrogens with zero attached hydrogens (tertiary/aromatic N) is 2. The van der Waals surface area contributed by atoms with E-state index in [1.807, 2.05) is 36.4 Å². The number of rotatable bonds is 4. The Hall–Kier alpha value is -2.99. The largest absolute Gasteiger partial charge is 0.256 e. The lowest BCUT2D eigenvalue weighted by molar-refractivity contribution is 0.628. The van der Waals surface area contributed by atoms with Crippen LogP contribution in [0.2, 0.25) is 0 Å². The Balaban J connectivity index is 1.87. The Labute approximate surface area is 141 Å². The molecule has 2 aromatic carbocycles. The van der Waals surface area contributed by atoms with Crippen LogP contribution in [0, 0.1) is 17.1 Å². The Morgan fingerprint density at radius 3 is 2.33 bits per heavy atom. The van der Waals surface area contributed by atoms with Gasteiger partial charge in [-0.1, -0.05) is 43.7 Å². The molecule has 2 nitrogen and oxygen atoms in total. The number of benzene rings is 2. The molecule has 0 fully saturated rings. The second-order valence-corrected chi connectivity index (χ2v) is 5.69. The fourth-order valence-electron chi connectivity index (χ4n) is 2.68. The molecule has 0 bridgehead atoms. The van der Waals surface area contributed by atoms with Gasteiger partial charge in [-0.05, 0) is 36.2 Å². The fraction of sp³-hybridized carbons (Fsp3) is 0.143. The van der Waals surface area contributed by atoms with Crippen molar-refractivity contribution < 1.29 is 4.39 Å². The normalized spacial score (nSPS) is 10.4. The minimum absolute atomic E-state index is 0.214. The Morgan fingerprint density at radius 2 is 1.75 bits per heavy atom. The van der Waals surface area contributed by atoms with Crippen molar-refractivity contribution in [3.63, 3.8) is 0 Å². The van der Waals surface area contributed by atoms with Gasteiger partial charge in [-0.3, -0.25) is 4.98 Å². The lowest BCUT2D eigenvalue weighted by Gasteiger charge is -2.07. The van der Waals surface area contributed by atoms with E-state index in [0.29, 0.717) is 11.1 Å². The molecule has 0 aliphatic heterocycles. The summed E-state index contributed by atoms with van der Waals surface area (Å²) in [7, 11) is 0. The number of aromatic nitrogens is 1. The van der Waals surface area contributed by atoms with Gasteiger partial charge >= 0.3 is 0 Å². The van der Waals surface area contributed by atoms with Gasteiger partial charge in [0.1, 0.15) is 5.82 Å². The van der Waals surface area contributed by atoms with E-state index >= 15 is 0 Å². The topological polar surface area (TPSA) is 36.7 Å². The van der Waals surface area contributed by atoms with Gasteiger partial charge in [0.2, 0.25) is 0 Å². The third kappa shape index (κ3) is 3.33. The molecule has 3 aromatic rings. The quantitative estimate of drug-likeness (QED) is 0.648. The summed E-state index contributed by atoms with van der Waals surface area (Å²) in [5.74, 6) is -0.214. The second kappa shape index (κ2) is 7.06. The van der Waals surface area contributed by atoms with Crippen molar-refractivity contribution >= 4 is 0 Å².